The Kier molecular flexibility index (Phi) is 11.0. The van der Waals surface area contributed by atoms with Crippen LogP contribution in [-0.4, -0.2) is 0 Å². The minimum Gasteiger partial charge on any atom is -0.311 e. The molecule has 0 bridgehead atoms. The Hall–Kier alpha value is -7.52. The molecule has 0 aliphatic heterocycles. The first kappa shape index (κ1) is 38.7. The quantitative estimate of drug-likeness (QED) is 0.132. The summed E-state index contributed by atoms with van der Waals surface area (Å²) in [6.45, 7) is 0. The van der Waals surface area contributed by atoms with E-state index in [-0.39, 0.29) is 0 Å². The molecule has 0 aliphatic carbocycles. The third-order valence-electron chi connectivity index (χ3n) is 11.6. The Morgan fingerprint density at radius 2 is 0.516 bits per heavy atom. The van der Waals surface area contributed by atoms with Gasteiger partial charge in [-0.1, -0.05) is 216 Å². The van der Waals surface area contributed by atoms with E-state index in [1.807, 2.05) is 0 Å². The summed E-state index contributed by atoms with van der Waals surface area (Å²) in [7, 11) is 0. The van der Waals surface area contributed by atoms with Crippen molar-refractivity contribution >= 4 is 33.0 Å². The van der Waals surface area contributed by atoms with Crippen LogP contribution in [0, 0.1) is 0 Å². The molecule has 0 spiro atoms. The molecule has 0 saturated heterocycles. The summed E-state index contributed by atoms with van der Waals surface area (Å²) in [5, 5.41) is 0. The van der Waals surface area contributed by atoms with Gasteiger partial charge in [-0.2, -0.15) is 0 Å². The average Bonchev–Trinajstić information content (AvgIpc) is 3.36. The van der Waals surface area contributed by atoms with Crippen LogP contribution in [0.25, 0.3) is 77.9 Å². The number of anilines is 3. The molecule has 10 rings (SSSR count). The van der Waals surface area contributed by atoms with Gasteiger partial charge >= 0.3 is 0 Å². The lowest BCUT2D eigenvalue weighted by atomic mass is 9.85. The van der Waals surface area contributed by atoms with E-state index in [1.165, 1.54) is 66.8 Å². The summed E-state index contributed by atoms with van der Waals surface area (Å²) in [6.07, 6.45) is 0. The van der Waals surface area contributed by atoms with Crippen LogP contribution in [0.15, 0.2) is 259 Å². The van der Waals surface area contributed by atoms with Gasteiger partial charge in [-0.25, -0.2) is 0 Å². The summed E-state index contributed by atoms with van der Waals surface area (Å²) < 4.78 is 1.06. The first-order chi connectivity index (χ1) is 30.7. The van der Waals surface area contributed by atoms with E-state index >= 15 is 0 Å². The molecule has 10 aromatic rings. The highest BCUT2D eigenvalue weighted by Gasteiger charge is 2.19. The summed E-state index contributed by atoms with van der Waals surface area (Å²) in [5.74, 6) is 0. The number of halogens is 1. The zero-order valence-corrected chi connectivity index (χ0v) is 35.7. The van der Waals surface area contributed by atoms with Gasteiger partial charge in [-0.15, -0.1) is 0 Å². The Morgan fingerprint density at radius 1 is 0.210 bits per heavy atom. The molecule has 0 atom stereocenters. The Labute approximate surface area is 373 Å². The molecule has 0 heterocycles. The van der Waals surface area contributed by atoms with Gasteiger partial charge in [0.05, 0.1) is 0 Å². The summed E-state index contributed by atoms with van der Waals surface area (Å²) in [4.78, 5) is 2.35. The van der Waals surface area contributed by atoms with Crippen LogP contribution in [0.3, 0.4) is 0 Å². The van der Waals surface area contributed by atoms with E-state index < -0.39 is 0 Å². The molecule has 0 aliphatic rings. The van der Waals surface area contributed by atoms with Gasteiger partial charge in [0.15, 0.2) is 0 Å². The van der Waals surface area contributed by atoms with Crippen molar-refractivity contribution in [2.24, 2.45) is 0 Å². The van der Waals surface area contributed by atoms with Crippen molar-refractivity contribution in [1.82, 2.24) is 0 Å². The van der Waals surface area contributed by atoms with E-state index in [0.717, 1.165) is 32.7 Å². The number of hydrogen-bond donors (Lipinski definition) is 0. The average molecular weight is 857 g/mol. The van der Waals surface area contributed by atoms with Crippen LogP contribution in [0.2, 0.25) is 0 Å². The SMILES string of the molecule is Brc1ccccc1-c1ccc(-c2ccccc2)cc1-c1cc(-c2ccccc2)ccc1-c1ccc(N(c2ccc(-c3ccccc3)cc2)c2ccc(-c3ccccc3)cc2)cc1. The van der Waals surface area contributed by atoms with Crippen molar-refractivity contribution in [2.45, 2.75) is 0 Å². The highest BCUT2D eigenvalue weighted by Crippen LogP contribution is 2.45. The van der Waals surface area contributed by atoms with Crippen molar-refractivity contribution in [3.05, 3.63) is 259 Å². The number of rotatable bonds is 10. The number of benzene rings is 10. The predicted octanol–water partition coefficient (Wildman–Crippen LogP) is 17.6. The molecular formula is C60H42BrN. The molecule has 62 heavy (non-hydrogen) atoms. The van der Waals surface area contributed by atoms with Gasteiger partial charge in [0, 0.05) is 21.5 Å². The van der Waals surface area contributed by atoms with Gasteiger partial charge in [0.25, 0.3) is 0 Å². The minimum absolute atomic E-state index is 1.06. The fraction of sp³-hybridized carbons (Fsp3) is 0. The molecule has 0 saturated carbocycles. The maximum absolute atomic E-state index is 3.90. The first-order valence-corrected chi connectivity index (χ1v) is 21.8. The molecular weight excluding hydrogens is 815 g/mol. The second kappa shape index (κ2) is 17.6. The number of hydrogen-bond acceptors (Lipinski definition) is 1. The maximum atomic E-state index is 3.90. The lowest BCUT2D eigenvalue weighted by molar-refractivity contribution is 1.28. The molecule has 0 amide bonds. The van der Waals surface area contributed by atoms with Crippen molar-refractivity contribution in [3.63, 3.8) is 0 Å². The fourth-order valence-corrected chi connectivity index (χ4v) is 8.92. The Morgan fingerprint density at radius 3 is 0.935 bits per heavy atom. The van der Waals surface area contributed by atoms with E-state index in [2.05, 4.69) is 276 Å². The van der Waals surface area contributed by atoms with Gasteiger partial charge < -0.3 is 4.90 Å². The van der Waals surface area contributed by atoms with Crippen LogP contribution in [0.4, 0.5) is 17.1 Å². The molecule has 2 heteroatoms. The van der Waals surface area contributed by atoms with Crippen molar-refractivity contribution in [2.75, 3.05) is 4.90 Å². The lowest BCUT2D eigenvalue weighted by Gasteiger charge is -2.26. The van der Waals surface area contributed by atoms with E-state index in [4.69, 9.17) is 0 Å². The third-order valence-corrected chi connectivity index (χ3v) is 12.3. The molecule has 0 fully saturated rings. The largest absolute Gasteiger partial charge is 0.311 e. The molecule has 294 valence electrons. The second-order valence-corrected chi connectivity index (χ2v) is 16.3. The van der Waals surface area contributed by atoms with Crippen LogP contribution in [0.5, 0.6) is 0 Å². The monoisotopic (exact) mass is 855 g/mol. The van der Waals surface area contributed by atoms with Crippen LogP contribution in [0.1, 0.15) is 0 Å². The van der Waals surface area contributed by atoms with E-state index in [0.29, 0.717) is 0 Å². The third kappa shape index (κ3) is 8.05. The Bertz CT molecular complexity index is 2990. The smallest absolute Gasteiger partial charge is 0.0462 e. The van der Waals surface area contributed by atoms with E-state index in [1.54, 1.807) is 0 Å². The topological polar surface area (TPSA) is 3.24 Å². The first-order valence-electron chi connectivity index (χ1n) is 21.0. The second-order valence-electron chi connectivity index (χ2n) is 15.4. The van der Waals surface area contributed by atoms with Crippen LogP contribution in [-0.2, 0) is 0 Å². The fourth-order valence-electron chi connectivity index (χ4n) is 8.43. The Balaban J connectivity index is 1.11. The predicted molar refractivity (Wildman–Crippen MR) is 267 cm³/mol. The highest BCUT2D eigenvalue weighted by atomic mass is 79.9. The summed E-state index contributed by atoms with van der Waals surface area (Å²) in [6, 6.07) is 91.7. The normalized spacial score (nSPS) is 11.0. The minimum atomic E-state index is 1.06. The van der Waals surface area contributed by atoms with Crippen molar-refractivity contribution in [1.29, 1.82) is 0 Å². The van der Waals surface area contributed by atoms with Gasteiger partial charge in [0.1, 0.15) is 0 Å². The molecule has 1 nitrogen and oxygen atoms in total. The molecule has 0 N–H and O–H groups in total. The number of nitrogens with zero attached hydrogens (tertiary/aromatic N) is 1. The molecule has 10 aromatic carbocycles. The molecule has 0 radical (unpaired) electrons. The van der Waals surface area contributed by atoms with Gasteiger partial charge in [0.2, 0.25) is 0 Å². The standard InChI is InChI=1S/C60H42BrN/c61-60-24-14-13-23-57(60)56-40-32-51(46-21-11-4-12-22-46)42-59(56)58-41-50(45-19-9-3-10-20-45)31-39-55(58)49-29-37-54(38-30-49)62(52-33-25-47(26-34-52)43-15-5-1-6-16-43)53-35-27-48(28-36-53)44-17-7-2-8-18-44/h1-42H. The molecule has 0 unspecified atom stereocenters. The summed E-state index contributed by atoms with van der Waals surface area (Å²) >= 11 is 3.90. The van der Waals surface area contributed by atoms with Crippen molar-refractivity contribution in [3.8, 4) is 77.9 Å². The summed E-state index contributed by atoms with van der Waals surface area (Å²) in [5.41, 5.74) is 19.7. The maximum Gasteiger partial charge on any atom is 0.0462 e. The van der Waals surface area contributed by atoms with Gasteiger partial charge in [-0.3, -0.25) is 0 Å². The lowest BCUT2D eigenvalue weighted by Crippen LogP contribution is -2.09. The molecule has 0 aromatic heterocycles. The van der Waals surface area contributed by atoms with Crippen LogP contribution < -0.4 is 4.90 Å². The van der Waals surface area contributed by atoms with E-state index in [9.17, 15) is 0 Å². The zero-order valence-electron chi connectivity index (χ0n) is 34.1. The van der Waals surface area contributed by atoms with Gasteiger partial charge in [-0.05, 0) is 132 Å². The highest BCUT2D eigenvalue weighted by molar-refractivity contribution is 9.10. The van der Waals surface area contributed by atoms with Crippen LogP contribution >= 0.6 is 15.9 Å². The zero-order chi connectivity index (χ0) is 41.7. The van der Waals surface area contributed by atoms with Crippen molar-refractivity contribution < 1.29 is 0 Å².